The highest BCUT2D eigenvalue weighted by molar-refractivity contribution is 7.97. The average Bonchev–Trinajstić information content (AvgIpc) is 2.89. The molecular weight excluding hydrogens is 442 g/mol. The summed E-state index contributed by atoms with van der Waals surface area (Å²) in [4.78, 5) is 16.3. The molecule has 0 spiro atoms. The lowest BCUT2D eigenvalue weighted by Gasteiger charge is -2.28. The molecule has 0 atom stereocenters. The summed E-state index contributed by atoms with van der Waals surface area (Å²) in [5.74, 6) is -0.0841. The van der Waals surface area contributed by atoms with E-state index >= 15 is 0 Å². The molecule has 0 aliphatic carbocycles. The number of fused-ring (bicyclic) bond motifs is 1. The van der Waals surface area contributed by atoms with Crippen LogP contribution in [-0.4, -0.2) is 36.6 Å². The molecule has 0 bridgehead atoms. The SMILES string of the molecule is O=C(Nc1ccc(SNC2CCOCC2)cc1)c1ccc(CN2CCc3ccccc3C2)cc1. The highest BCUT2D eigenvalue weighted by Gasteiger charge is 2.16. The first-order valence-corrected chi connectivity index (χ1v) is 12.8. The van der Waals surface area contributed by atoms with Crippen molar-refractivity contribution in [1.82, 2.24) is 9.62 Å². The number of nitrogens with zero attached hydrogens (tertiary/aromatic N) is 1. The molecule has 2 heterocycles. The zero-order valence-electron chi connectivity index (χ0n) is 19.3. The highest BCUT2D eigenvalue weighted by atomic mass is 32.2. The molecule has 1 fully saturated rings. The molecule has 1 saturated heterocycles. The summed E-state index contributed by atoms with van der Waals surface area (Å²) < 4.78 is 8.91. The lowest BCUT2D eigenvalue weighted by atomic mass is 9.99. The van der Waals surface area contributed by atoms with Gasteiger partial charge in [-0.05, 0) is 84.3 Å². The van der Waals surface area contributed by atoms with Gasteiger partial charge in [0.2, 0.25) is 0 Å². The van der Waals surface area contributed by atoms with Gasteiger partial charge in [0.1, 0.15) is 0 Å². The molecule has 5 rings (SSSR count). The summed E-state index contributed by atoms with van der Waals surface area (Å²) in [7, 11) is 0. The van der Waals surface area contributed by atoms with Crippen molar-refractivity contribution in [2.24, 2.45) is 0 Å². The van der Waals surface area contributed by atoms with Gasteiger partial charge in [-0.15, -0.1) is 0 Å². The Morgan fingerprint density at radius 3 is 2.44 bits per heavy atom. The number of carbonyl (C=O) groups is 1. The number of carbonyl (C=O) groups excluding carboxylic acids is 1. The predicted molar refractivity (Wildman–Crippen MR) is 138 cm³/mol. The van der Waals surface area contributed by atoms with E-state index in [0.29, 0.717) is 11.6 Å². The molecule has 2 aliphatic rings. The Hall–Kier alpha value is -2.64. The van der Waals surface area contributed by atoms with E-state index in [4.69, 9.17) is 4.74 Å². The first-order valence-electron chi connectivity index (χ1n) is 12.0. The van der Waals surface area contributed by atoms with Crippen molar-refractivity contribution < 1.29 is 9.53 Å². The molecule has 2 aliphatic heterocycles. The van der Waals surface area contributed by atoms with E-state index in [1.165, 1.54) is 16.7 Å². The van der Waals surface area contributed by atoms with Crippen LogP contribution in [-0.2, 0) is 24.2 Å². The normalized spacial score (nSPS) is 16.7. The molecule has 176 valence electrons. The Labute approximate surface area is 206 Å². The minimum atomic E-state index is -0.0841. The van der Waals surface area contributed by atoms with Gasteiger partial charge in [0, 0.05) is 55.0 Å². The third-order valence-corrected chi connectivity index (χ3v) is 7.47. The summed E-state index contributed by atoms with van der Waals surface area (Å²) in [5, 5.41) is 3.01. The molecule has 0 aromatic heterocycles. The topological polar surface area (TPSA) is 53.6 Å². The van der Waals surface area contributed by atoms with E-state index in [9.17, 15) is 4.79 Å². The maximum absolute atomic E-state index is 12.7. The van der Waals surface area contributed by atoms with Crippen LogP contribution in [0.15, 0.2) is 77.7 Å². The molecule has 0 unspecified atom stereocenters. The Morgan fingerprint density at radius 2 is 1.68 bits per heavy atom. The third kappa shape index (κ3) is 6.07. The number of amides is 1. The van der Waals surface area contributed by atoms with Crippen molar-refractivity contribution in [3.63, 3.8) is 0 Å². The second kappa shape index (κ2) is 11.2. The predicted octanol–water partition coefficient (Wildman–Crippen LogP) is 5.27. The smallest absolute Gasteiger partial charge is 0.255 e. The largest absolute Gasteiger partial charge is 0.381 e. The monoisotopic (exact) mass is 473 g/mol. The standard InChI is InChI=1S/C28H31N3O2S/c32-28(29-25-9-11-27(12-10-25)34-30-26-14-17-33-18-15-26)23-7-5-21(6-8-23)19-31-16-13-22-3-1-2-4-24(22)20-31/h1-12,26,30H,13-20H2,(H,29,32). The van der Waals surface area contributed by atoms with Crippen molar-refractivity contribution in [2.45, 2.75) is 43.3 Å². The highest BCUT2D eigenvalue weighted by Crippen LogP contribution is 2.22. The number of anilines is 1. The first-order chi connectivity index (χ1) is 16.7. The third-order valence-electron chi connectivity index (χ3n) is 6.51. The van der Waals surface area contributed by atoms with Crippen LogP contribution in [0.3, 0.4) is 0 Å². The Morgan fingerprint density at radius 1 is 0.941 bits per heavy atom. The lowest BCUT2D eigenvalue weighted by Crippen LogP contribution is -2.30. The van der Waals surface area contributed by atoms with E-state index in [2.05, 4.69) is 51.3 Å². The first kappa shape index (κ1) is 23.1. The van der Waals surface area contributed by atoms with Crippen LogP contribution < -0.4 is 10.0 Å². The van der Waals surface area contributed by atoms with E-state index in [1.807, 2.05) is 36.4 Å². The molecule has 5 nitrogen and oxygen atoms in total. The van der Waals surface area contributed by atoms with Gasteiger partial charge in [-0.25, -0.2) is 0 Å². The molecular formula is C28H31N3O2S. The molecule has 6 heteroatoms. The summed E-state index contributed by atoms with van der Waals surface area (Å²) in [6.45, 7) is 4.61. The molecule has 3 aromatic rings. The minimum Gasteiger partial charge on any atom is -0.381 e. The van der Waals surface area contributed by atoms with Crippen LogP contribution in [0.1, 0.15) is 39.9 Å². The molecule has 1 amide bonds. The van der Waals surface area contributed by atoms with E-state index in [1.54, 1.807) is 11.9 Å². The van der Waals surface area contributed by atoms with Crippen LogP contribution >= 0.6 is 11.9 Å². The summed E-state index contributed by atoms with van der Waals surface area (Å²) in [6, 6.07) is 25.1. The van der Waals surface area contributed by atoms with Crippen LogP contribution in [0.4, 0.5) is 5.69 Å². The zero-order valence-corrected chi connectivity index (χ0v) is 20.2. The van der Waals surface area contributed by atoms with E-state index < -0.39 is 0 Å². The summed E-state index contributed by atoms with van der Waals surface area (Å²) in [6.07, 6.45) is 3.19. The Bertz CT molecular complexity index is 1100. The molecule has 0 radical (unpaired) electrons. The van der Waals surface area contributed by atoms with Crippen molar-refractivity contribution in [2.75, 3.05) is 25.1 Å². The fourth-order valence-electron chi connectivity index (χ4n) is 4.49. The van der Waals surface area contributed by atoms with Gasteiger partial charge in [0.25, 0.3) is 5.91 Å². The second-order valence-corrected chi connectivity index (χ2v) is 9.92. The average molecular weight is 474 g/mol. The summed E-state index contributed by atoms with van der Waals surface area (Å²) >= 11 is 1.64. The second-order valence-electron chi connectivity index (χ2n) is 9.01. The fraction of sp³-hybridized carbons (Fsp3) is 0.321. The van der Waals surface area contributed by atoms with Gasteiger partial charge >= 0.3 is 0 Å². The zero-order chi connectivity index (χ0) is 23.2. The van der Waals surface area contributed by atoms with Gasteiger partial charge in [-0.2, -0.15) is 0 Å². The van der Waals surface area contributed by atoms with E-state index in [-0.39, 0.29) is 5.91 Å². The van der Waals surface area contributed by atoms with Gasteiger partial charge in [0.05, 0.1) is 0 Å². The maximum Gasteiger partial charge on any atom is 0.255 e. The van der Waals surface area contributed by atoms with Gasteiger partial charge in [-0.1, -0.05) is 36.4 Å². The molecule has 0 saturated carbocycles. The molecule has 2 N–H and O–H groups in total. The number of nitrogens with one attached hydrogen (secondary N) is 2. The molecule has 34 heavy (non-hydrogen) atoms. The van der Waals surface area contributed by atoms with Gasteiger partial charge in [0.15, 0.2) is 0 Å². The van der Waals surface area contributed by atoms with Crippen LogP contribution in [0.5, 0.6) is 0 Å². The van der Waals surface area contributed by atoms with Gasteiger partial charge < -0.3 is 10.1 Å². The Kier molecular flexibility index (Phi) is 7.61. The van der Waals surface area contributed by atoms with E-state index in [0.717, 1.165) is 62.7 Å². The number of hydrogen-bond acceptors (Lipinski definition) is 5. The molecule has 3 aromatic carbocycles. The summed E-state index contributed by atoms with van der Waals surface area (Å²) in [5.41, 5.74) is 5.60. The van der Waals surface area contributed by atoms with Crippen LogP contribution in [0.25, 0.3) is 0 Å². The number of benzene rings is 3. The Balaban J connectivity index is 1.11. The van der Waals surface area contributed by atoms with Crippen LogP contribution in [0.2, 0.25) is 0 Å². The number of hydrogen-bond donors (Lipinski definition) is 2. The number of rotatable bonds is 7. The van der Waals surface area contributed by atoms with Gasteiger partial charge in [-0.3, -0.25) is 14.4 Å². The van der Waals surface area contributed by atoms with Crippen molar-refractivity contribution in [3.8, 4) is 0 Å². The van der Waals surface area contributed by atoms with Crippen molar-refractivity contribution >= 4 is 23.5 Å². The lowest BCUT2D eigenvalue weighted by molar-refractivity contribution is 0.0838. The number of ether oxygens (including phenoxy) is 1. The maximum atomic E-state index is 12.7. The minimum absolute atomic E-state index is 0.0841. The van der Waals surface area contributed by atoms with Crippen LogP contribution in [0, 0.1) is 0 Å². The van der Waals surface area contributed by atoms with Crippen molar-refractivity contribution in [3.05, 3.63) is 95.1 Å². The quantitative estimate of drug-likeness (QED) is 0.458. The fourth-order valence-corrected chi connectivity index (χ4v) is 5.30. The van der Waals surface area contributed by atoms with Crippen molar-refractivity contribution in [1.29, 1.82) is 0 Å².